The van der Waals surface area contributed by atoms with E-state index in [0.717, 1.165) is 43.9 Å². The van der Waals surface area contributed by atoms with Gasteiger partial charge in [-0.15, -0.1) is 0 Å². The third kappa shape index (κ3) is 4.10. The highest BCUT2D eigenvalue weighted by molar-refractivity contribution is 5.41. The minimum atomic E-state index is -0.0470. The molecule has 0 saturated carbocycles. The highest BCUT2D eigenvalue weighted by Crippen LogP contribution is 2.28. The van der Waals surface area contributed by atoms with Crippen molar-refractivity contribution in [2.75, 3.05) is 20.2 Å². The topological polar surface area (TPSA) is 58.2 Å². The zero-order valence-electron chi connectivity index (χ0n) is 15.6. The molecule has 2 heterocycles. The number of H-pyrrole nitrogens is 1. The first-order chi connectivity index (χ1) is 12.0. The van der Waals surface area contributed by atoms with E-state index in [1.807, 2.05) is 6.92 Å². The summed E-state index contributed by atoms with van der Waals surface area (Å²) >= 11 is 0. The molecule has 1 N–H and O–H groups in total. The van der Waals surface area contributed by atoms with Gasteiger partial charge in [0.2, 0.25) is 0 Å². The van der Waals surface area contributed by atoms with Crippen LogP contribution in [0.2, 0.25) is 0 Å². The van der Waals surface area contributed by atoms with Gasteiger partial charge in [0, 0.05) is 18.5 Å². The molecule has 1 aliphatic rings. The molecule has 1 aromatic carbocycles. The Bertz CT molecular complexity index is 805. The Morgan fingerprint density at radius 2 is 1.88 bits per heavy atom. The van der Waals surface area contributed by atoms with Crippen LogP contribution in [0.4, 0.5) is 0 Å². The predicted molar refractivity (Wildman–Crippen MR) is 99.3 cm³/mol. The van der Waals surface area contributed by atoms with Gasteiger partial charge in [0.05, 0.1) is 12.8 Å². The van der Waals surface area contributed by atoms with Crippen molar-refractivity contribution in [3.63, 3.8) is 0 Å². The van der Waals surface area contributed by atoms with Gasteiger partial charge in [-0.3, -0.25) is 9.69 Å². The number of nitrogens with zero attached hydrogens (tertiary/aromatic N) is 2. The number of nitrogens with one attached hydrogen (secondary N) is 1. The minimum Gasteiger partial charge on any atom is -0.496 e. The number of rotatable bonds is 4. The summed E-state index contributed by atoms with van der Waals surface area (Å²) in [5.41, 5.74) is 4.71. The Hall–Kier alpha value is -2.14. The van der Waals surface area contributed by atoms with Crippen molar-refractivity contribution in [2.45, 2.75) is 46.1 Å². The lowest BCUT2D eigenvalue weighted by molar-refractivity contribution is 0.202. The molecule has 0 radical (unpaired) electrons. The molecule has 0 bridgehead atoms. The van der Waals surface area contributed by atoms with Crippen LogP contribution < -0.4 is 10.3 Å². The van der Waals surface area contributed by atoms with E-state index in [1.165, 1.54) is 16.7 Å². The third-order valence-corrected chi connectivity index (χ3v) is 5.13. The van der Waals surface area contributed by atoms with Gasteiger partial charge in [-0.25, -0.2) is 4.98 Å². The van der Waals surface area contributed by atoms with E-state index >= 15 is 0 Å². The largest absolute Gasteiger partial charge is 0.496 e. The summed E-state index contributed by atoms with van der Waals surface area (Å²) in [6.45, 7) is 9.10. The average Bonchev–Trinajstić information content (AvgIpc) is 2.57. The highest BCUT2D eigenvalue weighted by Gasteiger charge is 2.22. The van der Waals surface area contributed by atoms with Crippen molar-refractivity contribution in [3.8, 4) is 5.75 Å². The zero-order valence-corrected chi connectivity index (χ0v) is 15.6. The summed E-state index contributed by atoms with van der Waals surface area (Å²) < 4.78 is 5.40. The van der Waals surface area contributed by atoms with Gasteiger partial charge in [-0.05, 0) is 69.5 Å². The fourth-order valence-corrected chi connectivity index (χ4v) is 3.68. The summed E-state index contributed by atoms with van der Waals surface area (Å²) in [5, 5.41) is 0. The maximum absolute atomic E-state index is 11.7. The number of hydrogen-bond donors (Lipinski definition) is 1. The summed E-state index contributed by atoms with van der Waals surface area (Å²) in [6, 6.07) is 6.02. The summed E-state index contributed by atoms with van der Waals surface area (Å²) in [5.74, 6) is 2.04. The van der Waals surface area contributed by atoms with Crippen LogP contribution in [0.15, 0.2) is 23.0 Å². The molecule has 0 spiro atoms. The number of piperidine rings is 1. The third-order valence-electron chi connectivity index (χ3n) is 5.13. The normalized spacial score (nSPS) is 16.2. The van der Waals surface area contributed by atoms with Gasteiger partial charge in [-0.1, -0.05) is 6.07 Å². The Morgan fingerprint density at radius 1 is 1.16 bits per heavy atom. The van der Waals surface area contributed by atoms with Crippen LogP contribution in [0.3, 0.4) is 0 Å². The molecule has 25 heavy (non-hydrogen) atoms. The standard InChI is InChI=1S/C20H27N3O2/c1-13-10-19(25-4)14(2)9-17(13)12-23-7-5-16(6-8-23)18-11-20(24)22-15(3)21-18/h9-11,16H,5-8,12H2,1-4H3,(H,21,22,24). The molecule has 3 rings (SSSR count). The molecule has 1 saturated heterocycles. The lowest BCUT2D eigenvalue weighted by Crippen LogP contribution is -2.33. The van der Waals surface area contributed by atoms with Gasteiger partial charge in [0.1, 0.15) is 11.6 Å². The number of ether oxygens (including phenoxy) is 1. The fraction of sp³-hybridized carbons (Fsp3) is 0.500. The molecule has 0 amide bonds. The molecule has 0 aliphatic carbocycles. The molecule has 5 heteroatoms. The Balaban J connectivity index is 1.65. The molecule has 5 nitrogen and oxygen atoms in total. The van der Waals surface area contributed by atoms with E-state index in [0.29, 0.717) is 11.7 Å². The van der Waals surface area contributed by atoms with E-state index in [-0.39, 0.29) is 5.56 Å². The van der Waals surface area contributed by atoms with Crippen molar-refractivity contribution < 1.29 is 4.74 Å². The van der Waals surface area contributed by atoms with Gasteiger partial charge < -0.3 is 9.72 Å². The molecule has 1 fully saturated rings. The molecular weight excluding hydrogens is 314 g/mol. The maximum Gasteiger partial charge on any atom is 0.251 e. The van der Waals surface area contributed by atoms with Crippen molar-refractivity contribution in [2.24, 2.45) is 0 Å². The molecule has 1 aromatic heterocycles. The Labute approximate surface area is 149 Å². The summed E-state index contributed by atoms with van der Waals surface area (Å²) in [6.07, 6.45) is 2.09. The minimum absolute atomic E-state index is 0.0470. The molecule has 0 unspecified atom stereocenters. The van der Waals surface area contributed by atoms with E-state index in [1.54, 1.807) is 13.2 Å². The van der Waals surface area contributed by atoms with E-state index in [9.17, 15) is 4.79 Å². The Kier molecular flexibility index (Phi) is 5.23. The first-order valence-electron chi connectivity index (χ1n) is 8.90. The molecular formula is C20H27N3O2. The number of hydrogen-bond acceptors (Lipinski definition) is 4. The predicted octanol–water partition coefficient (Wildman–Crippen LogP) is 3.08. The molecule has 1 aliphatic heterocycles. The first-order valence-corrected chi connectivity index (χ1v) is 8.90. The van der Waals surface area contributed by atoms with Crippen molar-refractivity contribution >= 4 is 0 Å². The van der Waals surface area contributed by atoms with E-state index < -0.39 is 0 Å². The first kappa shape index (κ1) is 17.7. The van der Waals surface area contributed by atoms with Crippen molar-refractivity contribution in [1.82, 2.24) is 14.9 Å². The highest BCUT2D eigenvalue weighted by atomic mass is 16.5. The lowest BCUT2D eigenvalue weighted by atomic mass is 9.92. The number of likely N-dealkylation sites (tertiary alicyclic amines) is 1. The van der Waals surface area contributed by atoms with Gasteiger partial charge in [0.15, 0.2) is 0 Å². The quantitative estimate of drug-likeness (QED) is 0.928. The summed E-state index contributed by atoms with van der Waals surface area (Å²) in [4.78, 5) is 21.4. The summed E-state index contributed by atoms with van der Waals surface area (Å²) in [7, 11) is 1.72. The van der Waals surface area contributed by atoms with Crippen LogP contribution in [0.5, 0.6) is 5.75 Å². The van der Waals surface area contributed by atoms with Crippen LogP contribution in [-0.2, 0) is 6.54 Å². The lowest BCUT2D eigenvalue weighted by Gasteiger charge is -2.32. The van der Waals surface area contributed by atoms with Crippen LogP contribution >= 0.6 is 0 Å². The van der Waals surface area contributed by atoms with Gasteiger partial charge in [-0.2, -0.15) is 0 Å². The van der Waals surface area contributed by atoms with E-state index in [4.69, 9.17) is 4.74 Å². The van der Waals surface area contributed by atoms with Crippen molar-refractivity contribution in [1.29, 1.82) is 0 Å². The number of benzene rings is 1. The fourth-order valence-electron chi connectivity index (χ4n) is 3.68. The van der Waals surface area contributed by atoms with Crippen LogP contribution in [0.1, 0.15) is 47.0 Å². The number of aromatic amines is 1. The zero-order chi connectivity index (χ0) is 18.0. The SMILES string of the molecule is COc1cc(C)c(CN2CCC(c3cc(=O)[nH]c(C)n3)CC2)cc1C. The number of aromatic nitrogens is 2. The molecule has 0 atom stereocenters. The van der Waals surface area contributed by atoms with Gasteiger partial charge >= 0.3 is 0 Å². The van der Waals surface area contributed by atoms with Crippen LogP contribution in [0, 0.1) is 20.8 Å². The number of aryl methyl sites for hydroxylation is 3. The molecule has 2 aromatic rings. The second kappa shape index (κ2) is 7.40. The number of methoxy groups -OCH3 is 1. The second-order valence-electron chi connectivity index (χ2n) is 7.05. The smallest absolute Gasteiger partial charge is 0.251 e. The van der Waals surface area contributed by atoms with Crippen LogP contribution in [0.25, 0.3) is 0 Å². The van der Waals surface area contributed by atoms with Gasteiger partial charge in [0.25, 0.3) is 5.56 Å². The van der Waals surface area contributed by atoms with Crippen LogP contribution in [-0.4, -0.2) is 35.1 Å². The maximum atomic E-state index is 11.7. The Morgan fingerprint density at radius 3 is 2.52 bits per heavy atom. The second-order valence-corrected chi connectivity index (χ2v) is 7.05. The molecule has 134 valence electrons. The van der Waals surface area contributed by atoms with E-state index in [2.05, 4.69) is 40.8 Å². The average molecular weight is 341 g/mol. The van der Waals surface area contributed by atoms with Crippen molar-refractivity contribution in [3.05, 3.63) is 56.8 Å². The monoisotopic (exact) mass is 341 g/mol.